The molecule has 4 heteroatoms. The van der Waals surface area contributed by atoms with Crippen molar-refractivity contribution in [2.24, 2.45) is 23.7 Å². The van der Waals surface area contributed by atoms with Crippen LogP contribution in [-0.2, 0) is 9.53 Å². The lowest BCUT2D eigenvalue weighted by atomic mass is 9.89. The van der Waals surface area contributed by atoms with Gasteiger partial charge in [-0.25, -0.2) is 0 Å². The van der Waals surface area contributed by atoms with E-state index >= 15 is 0 Å². The number of ether oxygens (including phenoxy) is 1. The molecule has 2 saturated carbocycles. The summed E-state index contributed by atoms with van der Waals surface area (Å²) in [5.41, 5.74) is 0.965. The van der Waals surface area contributed by atoms with Crippen LogP contribution in [0.5, 0.6) is 0 Å². The van der Waals surface area contributed by atoms with Gasteiger partial charge in [0.05, 0.1) is 18.8 Å². The van der Waals surface area contributed by atoms with E-state index in [9.17, 15) is 15.0 Å². The van der Waals surface area contributed by atoms with Crippen LogP contribution in [0.3, 0.4) is 0 Å². The van der Waals surface area contributed by atoms with Gasteiger partial charge in [0.15, 0.2) is 0 Å². The van der Waals surface area contributed by atoms with Gasteiger partial charge in [-0.05, 0) is 63.7 Å². The van der Waals surface area contributed by atoms with E-state index in [2.05, 4.69) is 16.6 Å². The smallest absolute Gasteiger partial charge is 0.305 e. The summed E-state index contributed by atoms with van der Waals surface area (Å²) in [4.78, 5) is 11.9. The third kappa shape index (κ3) is 6.50. The first-order valence-corrected chi connectivity index (χ1v) is 10.0. The molecule has 2 aliphatic carbocycles. The summed E-state index contributed by atoms with van der Waals surface area (Å²) in [6.45, 7) is 4.65. The molecule has 0 aromatic heterocycles. The molecule has 0 amide bonds. The van der Waals surface area contributed by atoms with E-state index in [0.29, 0.717) is 19.3 Å². The Morgan fingerprint density at radius 3 is 2.96 bits per heavy atom. The molecule has 2 fully saturated rings. The quantitative estimate of drug-likeness (QED) is 0.352. The number of aliphatic hydroxyl groups excluding tert-OH is 2. The Balaban J connectivity index is 2.07. The number of rotatable bonds is 9. The second-order valence-electron chi connectivity index (χ2n) is 7.48. The van der Waals surface area contributed by atoms with E-state index in [4.69, 9.17) is 8.22 Å². The second-order valence-corrected chi connectivity index (χ2v) is 7.48. The van der Waals surface area contributed by atoms with E-state index < -0.39 is 43.2 Å². The third-order valence-electron chi connectivity index (χ3n) is 5.54. The molecule has 0 aromatic rings. The van der Waals surface area contributed by atoms with Crippen molar-refractivity contribution in [1.82, 2.24) is 0 Å². The van der Waals surface area contributed by atoms with Crippen LogP contribution in [0.4, 0.5) is 0 Å². The van der Waals surface area contributed by atoms with Crippen molar-refractivity contribution in [3.8, 4) is 11.8 Å². The highest BCUT2D eigenvalue weighted by Gasteiger charge is 2.44. The maximum Gasteiger partial charge on any atom is 0.305 e. The predicted octanol–water partition coefficient (Wildman–Crippen LogP) is 4.02. The first-order chi connectivity index (χ1) is 15.7. The summed E-state index contributed by atoms with van der Waals surface area (Å²) in [6, 6.07) is 0. The monoisotopic (exact) mass is 394 g/mol. The first kappa shape index (κ1) is 15.3. The van der Waals surface area contributed by atoms with Gasteiger partial charge in [0, 0.05) is 26.9 Å². The van der Waals surface area contributed by atoms with Crippen LogP contribution in [0, 0.1) is 35.5 Å². The van der Waals surface area contributed by atoms with E-state index in [0.717, 1.165) is 5.57 Å². The summed E-state index contributed by atoms with van der Waals surface area (Å²) in [5, 5.41) is 21.0. The van der Waals surface area contributed by atoms with Gasteiger partial charge >= 0.3 is 5.97 Å². The molecule has 0 heterocycles. The number of hydrogen-bond donors (Lipinski definition) is 2. The van der Waals surface area contributed by atoms with Crippen molar-refractivity contribution in [3.05, 3.63) is 23.8 Å². The lowest BCUT2D eigenvalue weighted by Gasteiger charge is -2.19. The zero-order valence-corrected chi connectivity index (χ0v) is 16.9. The maximum absolute atomic E-state index is 11.9. The van der Waals surface area contributed by atoms with Crippen LogP contribution < -0.4 is 0 Å². The molecule has 2 aliphatic rings. The van der Waals surface area contributed by atoms with Gasteiger partial charge in [-0.3, -0.25) is 4.79 Å². The van der Waals surface area contributed by atoms with Gasteiger partial charge < -0.3 is 14.9 Å². The minimum absolute atomic E-state index is 0.0276. The molecule has 2 N–H and O–H groups in total. The van der Waals surface area contributed by atoms with Crippen molar-refractivity contribution in [2.45, 2.75) is 77.8 Å². The molecular formula is C24H36O4. The highest BCUT2D eigenvalue weighted by molar-refractivity contribution is 5.69. The fourth-order valence-corrected chi connectivity index (χ4v) is 4.11. The van der Waals surface area contributed by atoms with Crippen molar-refractivity contribution in [3.63, 3.8) is 0 Å². The Morgan fingerprint density at radius 1 is 1.46 bits per heavy atom. The predicted molar refractivity (Wildman–Crippen MR) is 111 cm³/mol. The van der Waals surface area contributed by atoms with Gasteiger partial charge in [-0.1, -0.05) is 30.7 Å². The zero-order chi connectivity index (χ0) is 25.9. The van der Waals surface area contributed by atoms with E-state index in [1.54, 1.807) is 26.0 Å². The topological polar surface area (TPSA) is 66.8 Å². The van der Waals surface area contributed by atoms with Gasteiger partial charge in [-0.2, -0.15) is 0 Å². The van der Waals surface area contributed by atoms with Crippen molar-refractivity contribution in [1.29, 1.82) is 0 Å². The average Bonchev–Trinajstić information content (AvgIpc) is 3.26. The summed E-state index contributed by atoms with van der Waals surface area (Å²) >= 11 is 0. The molecule has 0 radical (unpaired) electrons. The molecule has 0 saturated heterocycles. The number of aliphatic hydroxyl groups is 2. The van der Waals surface area contributed by atoms with E-state index in [1.165, 1.54) is 13.0 Å². The summed E-state index contributed by atoms with van der Waals surface area (Å²) in [7, 11) is 0. The summed E-state index contributed by atoms with van der Waals surface area (Å²) in [6.07, 6.45) is -2.13. The van der Waals surface area contributed by atoms with Crippen molar-refractivity contribution < 1.29 is 28.0 Å². The van der Waals surface area contributed by atoms with Crippen LogP contribution in [0.1, 0.15) is 73.8 Å². The van der Waals surface area contributed by atoms with Crippen LogP contribution in [-0.4, -0.2) is 35.0 Å². The molecule has 6 atom stereocenters. The highest BCUT2D eigenvalue weighted by atomic mass is 16.5. The highest BCUT2D eigenvalue weighted by Crippen LogP contribution is 2.50. The molecular weight excluding hydrogens is 352 g/mol. The van der Waals surface area contributed by atoms with Crippen LogP contribution >= 0.6 is 0 Å². The summed E-state index contributed by atoms with van der Waals surface area (Å²) in [5.74, 6) is 3.13. The largest absolute Gasteiger partial charge is 0.466 e. The van der Waals surface area contributed by atoms with Crippen LogP contribution in [0.25, 0.3) is 0 Å². The van der Waals surface area contributed by atoms with Crippen molar-refractivity contribution >= 4 is 5.97 Å². The molecule has 0 spiro atoms. The van der Waals surface area contributed by atoms with Gasteiger partial charge in [0.25, 0.3) is 0 Å². The molecule has 1 unspecified atom stereocenters. The fraction of sp³-hybridized carbons (Fsp3) is 0.708. The number of allylic oxidation sites excluding steroid dienone is 2. The zero-order valence-electron chi connectivity index (χ0n) is 22.9. The fourth-order valence-electron chi connectivity index (χ4n) is 4.11. The van der Waals surface area contributed by atoms with E-state index in [1.807, 2.05) is 0 Å². The number of esters is 1. The van der Waals surface area contributed by atoms with E-state index in [-0.39, 0.29) is 30.8 Å². The normalized spacial score (nSPS) is 34.8. The molecule has 4 nitrogen and oxygen atoms in total. The first-order valence-electron chi connectivity index (χ1n) is 13.0. The minimum atomic E-state index is -2.77. The molecule has 0 aromatic carbocycles. The molecule has 156 valence electrons. The molecule has 28 heavy (non-hydrogen) atoms. The Morgan fingerprint density at radius 2 is 2.25 bits per heavy atom. The third-order valence-corrected chi connectivity index (χ3v) is 5.54. The number of carbonyl (C=O) groups is 1. The van der Waals surface area contributed by atoms with Crippen LogP contribution in [0.2, 0.25) is 0 Å². The molecule has 0 bridgehead atoms. The van der Waals surface area contributed by atoms with Crippen molar-refractivity contribution in [2.75, 3.05) is 6.61 Å². The molecule has 0 aliphatic heterocycles. The Kier molecular flexibility index (Phi) is 6.25. The number of fused-ring (bicyclic) bond motifs is 1. The second kappa shape index (κ2) is 11.4. The summed E-state index contributed by atoms with van der Waals surface area (Å²) < 4.78 is 52.6. The lowest BCUT2D eigenvalue weighted by Crippen LogP contribution is -2.19. The SMILES string of the molecule is [2H]C([2H])(C#CC)C(C)[C@H](O)/C=C/[C@@H]1[C@H]2C/C(=C/CC([2H])([2H])C([2H])([2H])C(=O)OCC)C[C@H]2C[C@H]1O. The lowest BCUT2D eigenvalue weighted by molar-refractivity contribution is -0.143. The average molecular weight is 395 g/mol. The van der Waals surface area contributed by atoms with Gasteiger partial charge in [-0.15, -0.1) is 11.8 Å². The minimum Gasteiger partial charge on any atom is -0.466 e. The Bertz CT molecular complexity index is 857. The standard InChI is InChI=1S/C24H36O4/c1-4-6-9-17(3)22(25)13-12-20-21-15-18(14-19(21)16-23(20)26)10-7-8-11-24(27)28-5-2/h10,12-13,17,19-23,25-26H,5,7-9,11,14-16H2,1-3H3/b13-12+,18-10+/t17?,19-,20+,21-,22+,23+/m0/s1/i8D2,9D2,11D2. The van der Waals surface area contributed by atoms with Gasteiger partial charge in [0.1, 0.15) is 0 Å². The molecule has 2 rings (SSSR count). The maximum atomic E-state index is 11.9. The van der Waals surface area contributed by atoms with Gasteiger partial charge in [0.2, 0.25) is 0 Å². The Hall–Kier alpha value is -1.57. The Labute approximate surface area is 178 Å². The van der Waals surface area contributed by atoms with Crippen LogP contribution in [0.15, 0.2) is 23.8 Å². The number of hydrogen-bond acceptors (Lipinski definition) is 4. The number of carbonyl (C=O) groups excluding carboxylic acids is 1.